The summed E-state index contributed by atoms with van der Waals surface area (Å²) in [4.78, 5) is 0. The minimum atomic E-state index is 0.167. The number of hydrogen-bond acceptors (Lipinski definition) is 3. The van der Waals surface area contributed by atoms with Crippen LogP contribution in [0.2, 0.25) is 5.02 Å². The molecule has 0 bridgehead atoms. The van der Waals surface area contributed by atoms with Gasteiger partial charge in [0.05, 0.1) is 6.20 Å². The molecule has 0 unspecified atom stereocenters. The predicted molar refractivity (Wildman–Crippen MR) is 65.1 cm³/mol. The van der Waals surface area contributed by atoms with E-state index in [1.165, 1.54) is 0 Å². The van der Waals surface area contributed by atoms with Crippen molar-refractivity contribution in [3.8, 4) is 17.1 Å². The summed E-state index contributed by atoms with van der Waals surface area (Å²) in [7, 11) is 0. The molecule has 17 heavy (non-hydrogen) atoms. The minimum absolute atomic E-state index is 0.167. The van der Waals surface area contributed by atoms with Crippen molar-refractivity contribution in [1.82, 2.24) is 14.6 Å². The van der Waals surface area contributed by atoms with Crippen molar-refractivity contribution in [3.63, 3.8) is 0 Å². The third-order valence-corrected chi connectivity index (χ3v) is 2.70. The van der Waals surface area contributed by atoms with Crippen molar-refractivity contribution >= 4 is 17.2 Å². The summed E-state index contributed by atoms with van der Waals surface area (Å²) < 4.78 is 1.72. The molecule has 3 aromatic rings. The Balaban J connectivity index is 2.27. The fraction of sp³-hybridized carbons (Fsp3) is 0. The number of pyridine rings is 1. The van der Waals surface area contributed by atoms with Gasteiger partial charge in [-0.15, -0.1) is 10.2 Å². The zero-order valence-electron chi connectivity index (χ0n) is 8.71. The zero-order valence-corrected chi connectivity index (χ0v) is 9.46. The third kappa shape index (κ3) is 1.72. The number of aromatic nitrogens is 3. The highest BCUT2D eigenvalue weighted by Crippen LogP contribution is 2.22. The van der Waals surface area contributed by atoms with E-state index >= 15 is 0 Å². The van der Waals surface area contributed by atoms with Crippen LogP contribution in [0.15, 0.2) is 42.6 Å². The van der Waals surface area contributed by atoms with Crippen LogP contribution in [0.1, 0.15) is 0 Å². The molecule has 0 radical (unpaired) electrons. The molecule has 0 aliphatic heterocycles. The molecule has 0 fully saturated rings. The van der Waals surface area contributed by atoms with Crippen LogP contribution in [0.25, 0.3) is 17.0 Å². The lowest BCUT2D eigenvalue weighted by atomic mass is 10.2. The Bertz CT molecular complexity index is 693. The molecule has 2 heterocycles. The summed E-state index contributed by atoms with van der Waals surface area (Å²) >= 11 is 5.94. The standard InChI is InChI=1S/C12H8ClN3O/c13-9-3-1-2-8(6-9)12-15-14-11-5-4-10(17)7-16(11)12/h1-7,17H. The molecule has 4 nitrogen and oxygen atoms in total. The molecule has 5 heteroatoms. The molecule has 1 aromatic carbocycles. The molecule has 0 spiro atoms. The van der Waals surface area contributed by atoms with E-state index in [0.29, 0.717) is 16.5 Å². The van der Waals surface area contributed by atoms with Gasteiger partial charge in [0.15, 0.2) is 11.5 Å². The van der Waals surface area contributed by atoms with Gasteiger partial charge in [-0.2, -0.15) is 0 Å². The van der Waals surface area contributed by atoms with Crippen molar-refractivity contribution in [3.05, 3.63) is 47.6 Å². The van der Waals surface area contributed by atoms with Crippen LogP contribution in [0.5, 0.6) is 5.75 Å². The van der Waals surface area contributed by atoms with E-state index in [1.54, 1.807) is 28.8 Å². The molecule has 3 rings (SSSR count). The third-order valence-electron chi connectivity index (χ3n) is 2.47. The van der Waals surface area contributed by atoms with E-state index in [-0.39, 0.29) is 5.75 Å². The maximum Gasteiger partial charge on any atom is 0.168 e. The number of nitrogens with zero attached hydrogens (tertiary/aromatic N) is 3. The molecular weight excluding hydrogens is 238 g/mol. The highest BCUT2D eigenvalue weighted by atomic mass is 35.5. The van der Waals surface area contributed by atoms with Gasteiger partial charge in [0, 0.05) is 10.6 Å². The quantitative estimate of drug-likeness (QED) is 0.717. The van der Waals surface area contributed by atoms with Gasteiger partial charge in [-0.25, -0.2) is 0 Å². The van der Waals surface area contributed by atoms with E-state index in [2.05, 4.69) is 10.2 Å². The van der Waals surface area contributed by atoms with E-state index in [4.69, 9.17) is 11.6 Å². The summed E-state index contributed by atoms with van der Waals surface area (Å²) in [5.41, 5.74) is 1.54. The molecule has 0 amide bonds. The number of aromatic hydroxyl groups is 1. The van der Waals surface area contributed by atoms with E-state index < -0.39 is 0 Å². The summed E-state index contributed by atoms with van der Waals surface area (Å²) in [5.74, 6) is 0.818. The summed E-state index contributed by atoms with van der Waals surface area (Å²) in [5, 5.41) is 18.2. The SMILES string of the molecule is Oc1ccc2nnc(-c3cccc(Cl)c3)n2c1. The van der Waals surface area contributed by atoms with E-state index in [1.807, 2.05) is 18.2 Å². The fourth-order valence-corrected chi connectivity index (χ4v) is 1.89. The summed E-state index contributed by atoms with van der Waals surface area (Å²) in [6.07, 6.45) is 1.57. The van der Waals surface area contributed by atoms with E-state index in [0.717, 1.165) is 5.56 Å². The lowest BCUT2D eigenvalue weighted by Crippen LogP contribution is -1.88. The van der Waals surface area contributed by atoms with Gasteiger partial charge in [-0.1, -0.05) is 23.7 Å². The second-order valence-corrected chi connectivity index (χ2v) is 4.09. The molecular formula is C12H8ClN3O. The van der Waals surface area contributed by atoms with Crippen molar-refractivity contribution in [2.75, 3.05) is 0 Å². The van der Waals surface area contributed by atoms with Crippen LogP contribution in [0.3, 0.4) is 0 Å². The van der Waals surface area contributed by atoms with Crippen LogP contribution in [-0.4, -0.2) is 19.7 Å². The van der Waals surface area contributed by atoms with Gasteiger partial charge in [-0.05, 0) is 24.3 Å². The Labute approximate surface area is 102 Å². The number of fused-ring (bicyclic) bond motifs is 1. The molecule has 2 aromatic heterocycles. The highest BCUT2D eigenvalue weighted by molar-refractivity contribution is 6.30. The van der Waals surface area contributed by atoms with Crippen molar-refractivity contribution in [2.45, 2.75) is 0 Å². The van der Waals surface area contributed by atoms with Crippen LogP contribution in [0.4, 0.5) is 0 Å². The van der Waals surface area contributed by atoms with Crippen LogP contribution in [-0.2, 0) is 0 Å². The number of rotatable bonds is 1. The zero-order chi connectivity index (χ0) is 11.8. The Kier molecular flexibility index (Phi) is 2.23. The lowest BCUT2D eigenvalue weighted by Gasteiger charge is -2.00. The van der Waals surface area contributed by atoms with Gasteiger partial charge in [-0.3, -0.25) is 4.40 Å². The smallest absolute Gasteiger partial charge is 0.168 e. The monoisotopic (exact) mass is 245 g/mol. The summed E-state index contributed by atoms with van der Waals surface area (Å²) in [6.45, 7) is 0. The van der Waals surface area contributed by atoms with Crippen molar-refractivity contribution < 1.29 is 5.11 Å². The van der Waals surface area contributed by atoms with Gasteiger partial charge in [0.25, 0.3) is 0 Å². The number of benzene rings is 1. The average molecular weight is 246 g/mol. The van der Waals surface area contributed by atoms with Gasteiger partial charge >= 0.3 is 0 Å². The molecule has 0 atom stereocenters. The predicted octanol–water partition coefficient (Wildman–Crippen LogP) is 2.76. The number of hydrogen-bond donors (Lipinski definition) is 1. The highest BCUT2D eigenvalue weighted by Gasteiger charge is 2.08. The first-order chi connectivity index (χ1) is 8.24. The Morgan fingerprint density at radius 1 is 1.12 bits per heavy atom. The van der Waals surface area contributed by atoms with Crippen molar-refractivity contribution in [1.29, 1.82) is 0 Å². The second-order valence-electron chi connectivity index (χ2n) is 3.65. The molecule has 1 N–H and O–H groups in total. The molecule has 0 saturated carbocycles. The maximum atomic E-state index is 9.47. The van der Waals surface area contributed by atoms with Gasteiger partial charge in [0.1, 0.15) is 5.75 Å². The van der Waals surface area contributed by atoms with E-state index in [9.17, 15) is 5.11 Å². The first-order valence-electron chi connectivity index (χ1n) is 5.04. The van der Waals surface area contributed by atoms with Crippen LogP contribution in [0, 0.1) is 0 Å². The van der Waals surface area contributed by atoms with Gasteiger partial charge in [0.2, 0.25) is 0 Å². The van der Waals surface area contributed by atoms with Gasteiger partial charge < -0.3 is 5.11 Å². The topological polar surface area (TPSA) is 50.4 Å². The average Bonchev–Trinajstić information content (AvgIpc) is 2.71. The second kappa shape index (κ2) is 3.75. The molecule has 0 saturated heterocycles. The largest absolute Gasteiger partial charge is 0.506 e. The fourth-order valence-electron chi connectivity index (χ4n) is 1.70. The molecule has 0 aliphatic carbocycles. The Morgan fingerprint density at radius 2 is 2.00 bits per heavy atom. The van der Waals surface area contributed by atoms with Crippen LogP contribution >= 0.6 is 11.6 Å². The maximum absolute atomic E-state index is 9.47. The van der Waals surface area contributed by atoms with Crippen LogP contribution < -0.4 is 0 Å². The lowest BCUT2D eigenvalue weighted by molar-refractivity contribution is 0.472. The molecule has 0 aliphatic rings. The first-order valence-corrected chi connectivity index (χ1v) is 5.41. The summed E-state index contributed by atoms with van der Waals surface area (Å²) in [6, 6.07) is 10.6. The normalized spacial score (nSPS) is 10.9. The first kappa shape index (κ1) is 10.1. The number of halogens is 1. The minimum Gasteiger partial charge on any atom is -0.506 e. The Morgan fingerprint density at radius 3 is 2.82 bits per heavy atom. The molecule has 84 valence electrons. The Hall–Kier alpha value is -2.07. The van der Waals surface area contributed by atoms with Crippen molar-refractivity contribution in [2.24, 2.45) is 0 Å².